The zero-order valence-electron chi connectivity index (χ0n) is 15.7. The van der Waals surface area contributed by atoms with Crippen LogP contribution in [0.5, 0.6) is 0 Å². The lowest BCUT2D eigenvalue weighted by molar-refractivity contribution is -0.116. The minimum Gasteiger partial charge on any atom is -0.325 e. The molecule has 2 aromatic rings. The Bertz CT molecular complexity index is 910. The Morgan fingerprint density at radius 1 is 1.00 bits per heavy atom. The molecule has 1 heterocycles. The molecule has 0 bridgehead atoms. The van der Waals surface area contributed by atoms with Gasteiger partial charge in [0.15, 0.2) is 0 Å². The second kappa shape index (κ2) is 8.21. The fourth-order valence-corrected chi connectivity index (χ4v) is 4.79. The molecule has 0 spiro atoms. The van der Waals surface area contributed by atoms with E-state index in [9.17, 15) is 13.2 Å². The number of rotatable bonds is 5. The molecule has 27 heavy (non-hydrogen) atoms. The number of aryl methyl sites for hydroxylation is 2. The fourth-order valence-electron chi connectivity index (χ4n) is 3.15. The molecule has 0 aliphatic carbocycles. The Kier molecular flexibility index (Phi) is 5.94. The second-order valence-corrected chi connectivity index (χ2v) is 8.86. The van der Waals surface area contributed by atoms with Crippen molar-refractivity contribution in [2.75, 3.05) is 25.0 Å². The molecule has 1 aliphatic heterocycles. The summed E-state index contributed by atoms with van der Waals surface area (Å²) in [6.45, 7) is 4.91. The lowest BCUT2D eigenvalue weighted by atomic mass is 10.1. The van der Waals surface area contributed by atoms with Gasteiger partial charge in [-0.25, -0.2) is 0 Å². The van der Waals surface area contributed by atoms with Crippen LogP contribution in [0.2, 0.25) is 0 Å². The zero-order chi connectivity index (χ0) is 19.4. The van der Waals surface area contributed by atoms with Crippen LogP contribution in [0.3, 0.4) is 0 Å². The number of carbonyl (C=O) groups excluding carboxylic acids is 1. The lowest BCUT2D eigenvalue weighted by Gasteiger charge is -2.34. The van der Waals surface area contributed by atoms with Gasteiger partial charge in [0.2, 0.25) is 5.91 Å². The second-order valence-electron chi connectivity index (χ2n) is 6.93. The van der Waals surface area contributed by atoms with E-state index in [1.165, 1.54) is 8.61 Å². The minimum absolute atomic E-state index is 0.180. The highest BCUT2D eigenvalue weighted by molar-refractivity contribution is 7.86. The van der Waals surface area contributed by atoms with Crippen molar-refractivity contribution in [1.82, 2.24) is 8.61 Å². The van der Waals surface area contributed by atoms with Crippen molar-refractivity contribution < 1.29 is 13.2 Å². The highest BCUT2D eigenvalue weighted by Gasteiger charge is 2.34. The molecule has 1 amide bonds. The van der Waals surface area contributed by atoms with E-state index in [0.29, 0.717) is 31.7 Å². The van der Waals surface area contributed by atoms with E-state index >= 15 is 0 Å². The Morgan fingerprint density at radius 3 is 2.41 bits per heavy atom. The summed E-state index contributed by atoms with van der Waals surface area (Å²) in [5.41, 5.74) is 3.80. The average Bonchev–Trinajstić information content (AvgIpc) is 2.61. The molecule has 1 saturated heterocycles. The van der Waals surface area contributed by atoms with Crippen LogP contribution in [-0.2, 0) is 21.5 Å². The third-order valence-corrected chi connectivity index (χ3v) is 6.49. The maximum absolute atomic E-state index is 12.9. The molecular formula is C20H25N3O3S. The van der Waals surface area contributed by atoms with Crippen molar-refractivity contribution in [2.24, 2.45) is 0 Å². The standard InChI is InChI=1S/C20H25N3O3S/c1-16-7-9-19(10-8-16)21-20(24)15-23-12-4-11-22(27(23,25)26)14-18-6-3-5-17(2)13-18/h3,5-10,13H,4,11-12,14-15H2,1-2H3,(H,21,24). The predicted molar refractivity (Wildman–Crippen MR) is 107 cm³/mol. The van der Waals surface area contributed by atoms with Crippen LogP contribution in [0.4, 0.5) is 5.69 Å². The smallest absolute Gasteiger partial charge is 0.282 e. The number of nitrogens with one attached hydrogen (secondary N) is 1. The lowest BCUT2D eigenvalue weighted by Crippen LogP contribution is -2.51. The Morgan fingerprint density at radius 2 is 1.70 bits per heavy atom. The first-order valence-corrected chi connectivity index (χ1v) is 10.4. The maximum atomic E-state index is 12.9. The summed E-state index contributed by atoms with van der Waals surface area (Å²) in [6.07, 6.45) is 0.697. The molecule has 2 aromatic carbocycles. The molecular weight excluding hydrogens is 362 g/mol. The van der Waals surface area contributed by atoms with Gasteiger partial charge in [0.25, 0.3) is 10.2 Å². The van der Waals surface area contributed by atoms with Crippen molar-refractivity contribution in [2.45, 2.75) is 26.8 Å². The Hall–Kier alpha value is -2.22. The molecule has 0 aromatic heterocycles. The van der Waals surface area contributed by atoms with E-state index < -0.39 is 10.2 Å². The van der Waals surface area contributed by atoms with E-state index in [-0.39, 0.29) is 12.5 Å². The predicted octanol–water partition coefficient (Wildman–Crippen LogP) is 2.69. The third kappa shape index (κ3) is 4.94. The van der Waals surface area contributed by atoms with Gasteiger partial charge in [0.1, 0.15) is 0 Å². The summed E-state index contributed by atoms with van der Waals surface area (Å²) < 4.78 is 28.5. The number of amides is 1. The number of hydrogen-bond acceptors (Lipinski definition) is 3. The highest BCUT2D eigenvalue weighted by atomic mass is 32.2. The molecule has 0 saturated carbocycles. The Labute approximate surface area is 161 Å². The van der Waals surface area contributed by atoms with E-state index in [4.69, 9.17) is 0 Å². The number of carbonyl (C=O) groups is 1. The summed E-state index contributed by atoms with van der Waals surface area (Å²) >= 11 is 0. The zero-order valence-corrected chi connectivity index (χ0v) is 16.5. The summed E-state index contributed by atoms with van der Waals surface area (Å²) in [4.78, 5) is 12.3. The first kappa shape index (κ1) is 19.5. The van der Waals surface area contributed by atoms with Crippen molar-refractivity contribution in [1.29, 1.82) is 0 Å². The van der Waals surface area contributed by atoms with E-state index in [1.807, 2.05) is 62.4 Å². The first-order chi connectivity index (χ1) is 12.8. The van der Waals surface area contributed by atoms with Gasteiger partial charge in [-0.05, 0) is 38.0 Å². The van der Waals surface area contributed by atoms with Gasteiger partial charge in [-0.1, -0.05) is 47.5 Å². The number of hydrogen-bond donors (Lipinski definition) is 1. The number of benzene rings is 2. The van der Waals surface area contributed by atoms with Gasteiger partial charge in [-0.15, -0.1) is 0 Å². The highest BCUT2D eigenvalue weighted by Crippen LogP contribution is 2.20. The van der Waals surface area contributed by atoms with Crippen LogP contribution in [-0.4, -0.2) is 42.6 Å². The van der Waals surface area contributed by atoms with Crippen LogP contribution >= 0.6 is 0 Å². The topological polar surface area (TPSA) is 69.7 Å². The molecule has 0 unspecified atom stereocenters. The van der Waals surface area contributed by atoms with Crippen LogP contribution < -0.4 is 5.32 Å². The number of anilines is 1. The van der Waals surface area contributed by atoms with E-state index in [0.717, 1.165) is 16.7 Å². The Balaban J connectivity index is 1.66. The average molecular weight is 388 g/mol. The molecule has 6 nitrogen and oxygen atoms in total. The quantitative estimate of drug-likeness (QED) is 0.858. The van der Waals surface area contributed by atoms with Crippen LogP contribution in [0.15, 0.2) is 48.5 Å². The molecule has 144 valence electrons. The van der Waals surface area contributed by atoms with Gasteiger partial charge in [-0.2, -0.15) is 17.0 Å². The molecule has 0 radical (unpaired) electrons. The summed E-state index contributed by atoms with van der Waals surface area (Å²) in [6, 6.07) is 15.2. The van der Waals surface area contributed by atoms with Crippen molar-refractivity contribution in [3.05, 3.63) is 65.2 Å². The third-order valence-electron chi connectivity index (χ3n) is 4.56. The molecule has 1 N–H and O–H groups in total. The summed E-state index contributed by atoms with van der Waals surface area (Å²) in [5.74, 6) is -0.333. The summed E-state index contributed by atoms with van der Waals surface area (Å²) in [7, 11) is -3.66. The maximum Gasteiger partial charge on any atom is 0.282 e. The summed E-state index contributed by atoms with van der Waals surface area (Å²) in [5, 5.41) is 2.76. The largest absolute Gasteiger partial charge is 0.325 e. The molecule has 1 aliphatic rings. The van der Waals surface area contributed by atoms with Crippen molar-refractivity contribution in [3.63, 3.8) is 0 Å². The van der Waals surface area contributed by atoms with E-state index in [1.54, 1.807) is 0 Å². The van der Waals surface area contributed by atoms with Crippen LogP contribution in [0.1, 0.15) is 23.1 Å². The fraction of sp³-hybridized carbons (Fsp3) is 0.350. The van der Waals surface area contributed by atoms with E-state index in [2.05, 4.69) is 5.32 Å². The van der Waals surface area contributed by atoms with Gasteiger partial charge >= 0.3 is 0 Å². The van der Waals surface area contributed by atoms with Gasteiger partial charge in [-0.3, -0.25) is 4.79 Å². The van der Waals surface area contributed by atoms with Crippen molar-refractivity contribution >= 4 is 21.8 Å². The molecule has 0 atom stereocenters. The minimum atomic E-state index is -3.66. The SMILES string of the molecule is Cc1ccc(NC(=O)CN2CCCN(Cc3cccc(C)c3)S2(=O)=O)cc1. The van der Waals surface area contributed by atoms with Gasteiger partial charge in [0, 0.05) is 25.3 Å². The molecule has 7 heteroatoms. The molecule has 1 fully saturated rings. The van der Waals surface area contributed by atoms with Crippen molar-refractivity contribution in [3.8, 4) is 0 Å². The first-order valence-electron chi connectivity index (χ1n) is 9.02. The monoisotopic (exact) mass is 387 g/mol. The van der Waals surface area contributed by atoms with Crippen LogP contribution in [0, 0.1) is 13.8 Å². The van der Waals surface area contributed by atoms with Gasteiger partial charge < -0.3 is 5.32 Å². The normalized spacial score (nSPS) is 17.6. The molecule has 3 rings (SSSR count). The van der Waals surface area contributed by atoms with Gasteiger partial charge in [0.05, 0.1) is 6.54 Å². The van der Waals surface area contributed by atoms with Crippen LogP contribution in [0.25, 0.3) is 0 Å². The number of nitrogens with zero attached hydrogens (tertiary/aromatic N) is 2.